The Kier molecular flexibility index (Phi) is 6.38. The molecule has 0 bridgehead atoms. The molecule has 1 aromatic heterocycles. The number of likely N-dealkylation sites (tertiary alicyclic amines) is 1. The lowest BCUT2D eigenvalue weighted by atomic mass is 9.91. The number of carbonyl (C=O) groups is 3. The number of anilines is 1. The maximum Gasteiger partial charge on any atom is 0.260 e. The maximum absolute atomic E-state index is 12.7. The molecule has 1 saturated heterocycles. The van der Waals surface area contributed by atoms with Crippen LogP contribution in [-0.4, -0.2) is 36.1 Å². The molecule has 2 aliphatic rings. The molecule has 2 amide bonds. The number of rotatable bonds is 6. The molecular weight excluding hydrogens is 446 g/mol. The average Bonchev–Trinajstić information content (AvgIpc) is 3.34. The fourth-order valence-corrected chi connectivity index (χ4v) is 5.24. The first-order valence-corrected chi connectivity index (χ1v) is 12.3. The first-order valence-electron chi connectivity index (χ1n) is 11.4. The first kappa shape index (κ1) is 22.3. The van der Waals surface area contributed by atoms with Crippen molar-refractivity contribution in [2.75, 3.05) is 18.4 Å². The Balaban J connectivity index is 1.39. The standard InChI is InChI=1S/C27H25N3O3S/c31-17-25-21(10-13-34-25)19-6-9-22-23(14-19)24(27(33)29-26(22)32)15-28-20-7-4-18(5-8-20)16-30-11-2-1-3-12-30/h4-10,13-15,17,28H,1-3,11-12,16H2,(H,29,32,33)/b24-15-. The summed E-state index contributed by atoms with van der Waals surface area (Å²) in [5, 5.41) is 7.46. The topological polar surface area (TPSA) is 78.5 Å². The summed E-state index contributed by atoms with van der Waals surface area (Å²) in [6, 6.07) is 15.4. The van der Waals surface area contributed by atoms with Crippen LogP contribution in [0.4, 0.5) is 5.69 Å². The van der Waals surface area contributed by atoms with E-state index in [2.05, 4.69) is 27.7 Å². The Bertz CT molecular complexity index is 1270. The third-order valence-corrected chi connectivity index (χ3v) is 7.17. The van der Waals surface area contributed by atoms with Crippen molar-refractivity contribution >= 4 is 40.7 Å². The number of carbonyl (C=O) groups excluding carboxylic acids is 3. The zero-order valence-electron chi connectivity index (χ0n) is 18.7. The lowest BCUT2D eigenvalue weighted by Crippen LogP contribution is -2.36. The van der Waals surface area contributed by atoms with E-state index in [1.54, 1.807) is 24.4 Å². The summed E-state index contributed by atoms with van der Waals surface area (Å²) in [5.74, 6) is -0.878. The average molecular weight is 472 g/mol. The Morgan fingerprint density at radius 2 is 1.71 bits per heavy atom. The number of hydrogen-bond donors (Lipinski definition) is 2. The van der Waals surface area contributed by atoms with Crippen LogP contribution in [0, 0.1) is 0 Å². The molecule has 172 valence electrons. The highest BCUT2D eigenvalue weighted by Crippen LogP contribution is 2.32. The van der Waals surface area contributed by atoms with Gasteiger partial charge in [-0.3, -0.25) is 24.6 Å². The molecule has 3 heterocycles. The van der Waals surface area contributed by atoms with E-state index in [1.165, 1.54) is 36.2 Å². The molecule has 2 aliphatic heterocycles. The van der Waals surface area contributed by atoms with Crippen molar-refractivity contribution in [1.82, 2.24) is 10.2 Å². The van der Waals surface area contributed by atoms with Gasteiger partial charge in [0, 0.05) is 35.1 Å². The number of amides is 2. The fraction of sp³-hybridized carbons (Fsp3) is 0.222. The van der Waals surface area contributed by atoms with Gasteiger partial charge in [-0.15, -0.1) is 11.3 Å². The fourth-order valence-electron chi connectivity index (χ4n) is 4.52. The third kappa shape index (κ3) is 4.58. The molecule has 34 heavy (non-hydrogen) atoms. The van der Waals surface area contributed by atoms with E-state index >= 15 is 0 Å². The van der Waals surface area contributed by atoms with E-state index in [1.807, 2.05) is 23.6 Å². The van der Waals surface area contributed by atoms with Gasteiger partial charge >= 0.3 is 0 Å². The van der Waals surface area contributed by atoms with Gasteiger partial charge in [0.2, 0.25) is 0 Å². The molecule has 0 saturated carbocycles. The second kappa shape index (κ2) is 9.75. The maximum atomic E-state index is 12.7. The van der Waals surface area contributed by atoms with Crippen molar-refractivity contribution in [2.24, 2.45) is 0 Å². The number of fused-ring (bicyclic) bond motifs is 1. The van der Waals surface area contributed by atoms with Gasteiger partial charge < -0.3 is 5.32 Å². The molecule has 0 spiro atoms. The van der Waals surface area contributed by atoms with Crippen LogP contribution in [0.1, 0.15) is 50.4 Å². The van der Waals surface area contributed by atoms with Gasteiger partial charge in [-0.1, -0.05) is 24.6 Å². The van der Waals surface area contributed by atoms with Crippen LogP contribution in [-0.2, 0) is 11.3 Å². The molecule has 3 aromatic rings. The predicted octanol–water partition coefficient (Wildman–Crippen LogP) is 4.94. The molecule has 6 nitrogen and oxygen atoms in total. The van der Waals surface area contributed by atoms with E-state index in [0.29, 0.717) is 21.6 Å². The minimum Gasteiger partial charge on any atom is -0.361 e. The van der Waals surface area contributed by atoms with Crippen molar-refractivity contribution in [3.05, 3.63) is 81.7 Å². The zero-order valence-corrected chi connectivity index (χ0v) is 19.5. The highest BCUT2D eigenvalue weighted by molar-refractivity contribution is 7.12. The van der Waals surface area contributed by atoms with Crippen LogP contribution in [0.3, 0.4) is 0 Å². The summed E-state index contributed by atoms with van der Waals surface area (Å²) < 4.78 is 0. The number of piperidine rings is 1. The first-order chi connectivity index (χ1) is 16.6. The number of hydrogen-bond acceptors (Lipinski definition) is 6. The van der Waals surface area contributed by atoms with Gasteiger partial charge in [-0.05, 0) is 72.8 Å². The van der Waals surface area contributed by atoms with E-state index in [9.17, 15) is 14.4 Å². The van der Waals surface area contributed by atoms with Crippen LogP contribution in [0.5, 0.6) is 0 Å². The van der Waals surface area contributed by atoms with Crippen LogP contribution in [0.2, 0.25) is 0 Å². The van der Waals surface area contributed by atoms with Gasteiger partial charge in [-0.25, -0.2) is 0 Å². The molecule has 2 N–H and O–H groups in total. The monoisotopic (exact) mass is 471 g/mol. The van der Waals surface area contributed by atoms with E-state index in [0.717, 1.165) is 42.7 Å². The van der Waals surface area contributed by atoms with Gasteiger partial charge in [-0.2, -0.15) is 0 Å². The Morgan fingerprint density at radius 3 is 2.47 bits per heavy atom. The normalized spacial score (nSPS) is 17.4. The summed E-state index contributed by atoms with van der Waals surface area (Å²) >= 11 is 1.36. The van der Waals surface area contributed by atoms with E-state index in [4.69, 9.17) is 0 Å². The lowest BCUT2D eigenvalue weighted by Gasteiger charge is -2.26. The molecule has 2 aromatic carbocycles. The second-order valence-electron chi connectivity index (χ2n) is 8.60. The van der Waals surface area contributed by atoms with Crippen LogP contribution in [0.25, 0.3) is 16.7 Å². The van der Waals surface area contributed by atoms with Crippen LogP contribution >= 0.6 is 11.3 Å². The molecule has 1 fully saturated rings. The number of thiophene rings is 1. The number of benzene rings is 2. The molecule has 7 heteroatoms. The SMILES string of the molecule is O=Cc1sccc1-c1ccc2c(c1)/C(=C/Nc1ccc(CN3CCCCC3)cc1)C(=O)NC2=O. The highest BCUT2D eigenvalue weighted by atomic mass is 32.1. The van der Waals surface area contributed by atoms with Crippen molar-refractivity contribution in [1.29, 1.82) is 0 Å². The van der Waals surface area contributed by atoms with Crippen LogP contribution < -0.4 is 10.6 Å². The van der Waals surface area contributed by atoms with Crippen LogP contribution in [0.15, 0.2) is 60.1 Å². The highest BCUT2D eigenvalue weighted by Gasteiger charge is 2.28. The summed E-state index contributed by atoms with van der Waals surface area (Å²) in [6.07, 6.45) is 6.32. The van der Waals surface area contributed by atoms with Gasteiger partial charge in [0.1, 0.15) is 0 Å². The summed E-state index contributed by atoms with van der Waals surface area (Å²) in [6.45, 7) is 3.26. The van der Waals surface area contributed by atoms with Crippen molar-refractivity contribution in [3.63, 3.8) is 0 Å². The second-order valence-corrected chi connectivity index (χ2v) is 9.54. The quantitative estimate of drug-likeness (QED) is 0.303. The van der Waals surface area contributed by atoms with Crippen molar-refractivity contribution < 1.29 is 14.4 Å². The van der Waals surface area contributed by atoms with E-state index in [-0.39, 0.29) is 0 Å². The zero-order chi connectivity index (χ0) is 23.5. The van der Waals surface area contributed by atoms with Gasteiger partial charge in [0.05, 0.1) is 10.5 Å². The Morgan fingerprint density at radius 1 is 0.912 bits per heavy atom. The minimum absolute atomic E-state index is 0.372. The summed E-state index contributed by atoms with van der Waals surface area (Å²) in [4.78, 5) is 39.6. The number of nitrogens with zero attached hydrogens (tertiary/aromatic N) is 1. The predicted molar refractivity (Wildman–Crippen MR) is 135 cm³/mol. The number of nitrogens with one attached hydrogen (secondary N) is 2. The molecule has 0 unspecified atom stereocenters. The lowest BCUT2D eigenvalue weighted by molar-refractivity contribution is -0.114. The molecule has 5 rings (SSSR count). The number of imide groups is 1. The molecular formula is C27H25N3O3S. The Hall–Kier alpha value is -3.55. The smallest absolute Gasteiger partial charge is 0.260 e. The van der Waals surface area contributed by atoms with Gasteiger partial charge in [0.25, 0.3) is 11.8 Å². The summed E-state index contributed by atoms with van der Waals surface area (Å²) in [5.41, 5.74) is 5.04. The Labute approximate surface area is 202 Å². The molecule has 0 atom stereocenters. The minimum atomic E-state index is -0.454. The largest absolute Gasteiger partial charge is 0.361 e. The number of aldehydes is 1. The molecule has 0 radical (unpaired) electrons. The van der Waals surface area contributed by atoms with E-state index < -0.39 is 11.8 Å². The van der Waals surface area contributed by atoms with Crippen molar-refractivity contribution in [2.45, 2.75) is 25.8 Å². The van der Waals surface area contributed by atoms with Gasteiger partial charge in [0.15, 0.2) is 6.29 Å². The summed E-state index contributed by atoms with van der Waals surface area (Å²) in [7, 11) is 0. The third-order valence-electron chi connectivity index (χ3n) is 6.33. The van der Waals surface area contributed by atoms with Crippen molar-refractivity contribution in [3.8, 4) is 11.1 Å². The molecule has 0 aliphatic carbocycles.